The first kappa shape index (κ1) is 18.1. The fourth-order valence-corrected chi connectivity index (χ4v) is 2.98. The Labute approximate surface area is 130 Å². The molecule has 0 spiro atoms. The summed E-state index contributed by atoms with van der Waals surface area (Å²) in [6.45, 7) is 3.08. The second-order valence-corrected chi connectivity index (χ2v) is 6.96. The first-order chi connectivity index (χ1) is 10.1. The molecule has 8 heteroatoms. The Morgan fingerprint density at radius 2 is 1.95 bits per heavy atom. The Bertz CT molecular complexity index is 655. The van der Waals surface area contributed by atoms with Gasteiger partial charge in [0.2, 0.25) is 15.9 Å². The Morgan fingerprint density at radius 1 is 1.32 bits per heavy atom. The molecule has 0 radical (unpaired) electrons. The molecular formula is C14H20N2O5S. The molecule has 1 aromatic carbocycles. The van der Waals surface area contributed by atoms with Crippen LogP contribution in [0.15, 0.2) is 24.3 Å². The van der Waals surface area contributed by atoms with E-state index < -0.39 is 21.9 Å². The number of esters is 1. The normalized spacial score (nSPS) is 11.5. The van der Waals surface area contributed by atoms with Gasteiger partial charge in [-0.2, -0.15) is 4.31 Å². The number of methoxy groups -OCH3 is 1. The van der Waals surface area contributed by atoms with Gasteiger partial charge in [-0.1, -0.05) is 6.07 Å². The van der Waals surface area contributed by atoms with Crippen LogP contribution in [-0.2, 0) is 19.6 Å². The van der Waals surface area contributed by atoms with Crippen molar-refractivity contribution in [1.82, 2.24) is 4.31 Å². The molecule has 22 heavy (non-hydrogen) atoms. The van der Waals surface area contributed by atoms with Crippen LogP contribution in [-0.4, -0.2) is 50.6 Å². The molecule has 1 N–H and O–H groups in total. The molecular weight excluding hydrogens is 308 g/mol. The monoisotopic (exact) mass is 328 g/mol. The fourth-order valence-electron chi connectivity index (χ4n) is 1.87. The minimum atomic E-state index is -3.48. The number of ether oxygens (including phenoxy) is 1. The summed E-state index contributed by atoms with van der Waals surface area (Å²) >= 11 is 0. The van der Waals surface area contributed by atoms with E-state index in [-0.39, 0.29) is 12.6 Å². The number of carbonyl (C=O) groups is 2. The SMILES string of the molecule is COC(=O)c1cccc(NC(=O)CN(C(C)C)S(C)(=O)=O)c1. The zero-order valence-electron chi connectivity index (χ0n) is 13.0. The van der Waals surface area contributed by atoms with Gasteiger partial charge in [-0.05, 0) is 32.0 Å². The molecule has 1 amide bonds. The molecule has 0 saturated heterocycles. The average Bonchev–Trinajstić information content (AvgIpc) is 2.42. The second-order valence-electron chi connectivity index (χ2n) is 5.02. The molecule has 0 unspecified atom stereocenters. The number of benzene rings is 1. The molecule has 0 fully saturated rings. The van der Waals surface area contributed by atoms with Crippen LogP contribution >= 0.6 is 0 Å². The van der Waals surface area contributed by atoms with Gasteiger partial charge in [-0.25, -0.2) is 13.2 Å². The van der Waals surface area contributed by atoms with Crippen LogP contribution in [0.4, 0.5) is 5.69 Å². The minimum Gasteiger partial charge on any atom is -0.465 e. The molecule has 0 aliphatic carbocycles. The third-order valence-corrected chi connectivity index (χ3v) is 4.27. The van der Waals surface area contributed by atoms with Crippen molar-refractivity contribution >= 4 is 27.6 Å². The standard InChI is InChI=1S/C14H20N2O5S/c1-10(2)16(22(4,19)20)9-13(17)15-12-7-5-6-11(8-12)14(18)21-3/h5-8,10H,9H2,1-4H3,(H,15,17). The van der Waals surface area contributed by atoms with E-state index >= 15 is 0 Å². The lowest BCUT2D eigenvalue weighted by molar-refractivity contribution is -0.116. The molecule has 7 nitrogen and oxygen atoms in total. The summed E-state index contributed by atoms with van der Waals surface area (Å²) in [7, 11) is -2.21. The van der Waals surface area contributed by atoms with Gasteiger partial charge in [0, 0.05) is 11.7 Å². The predicted molar refractivity (Wildman–Crippen MR) is 83.1 cm³/mol. The number of nitrogens with zero attached hydrogens (tertiary/aromatic N) is 1. The van der Waals surface area contributed by atoms with E-state index in [0.29, 0.717) is 11.3 Å². The van der Waals surface area contributed by atoms with Gasteiger partial charge in [-0.15, -0.1) is 0 Å². The lowest BCUT2D eigenvalue weighted by Crippen LogP contribution is -2.41. The molecule has 122 valence electrons. The number of sulfonamides is 1. The molecule has 0 bridgehead atoms. The van der Waals surface area contributed by atoms with Crippen molar-refractivity contribution < 1.29 is 22.7 Å². The molecule has 0 aromatic heterocycles. The van der Waals surface area contributed by atoms with Crippen molar-refractivity contribution in [3.8, 4) is 0 Å². The smallest absolute Gasteiger partial charge is 0.337 e. The number of hydrogen-bond acceptors (Lipinski definition) is 5. The summed E-state index contributed by atoms with van der Waals surface area (Å²) in [6, 6.07) is 5.88. The van der Waals surface area contributed by atoms with E-state index in [4.69, 9.17) is 0 Å². The van der Waals surface area contributed by atoms with Gasteiger partial charge in [0.1, 0.15) is 0 Å². The van der Waals surface area contributed by atoms with Crippen LogP contribution in [0.5, 0.6) is 0 Å². The van der Waals surface area contributed by atoms with E-state index in [1.54, 1.807) is 32.0 Å². The number of hydrogen-bond donors (Lipinski definition) is 1. The summed E-state index contributed by atoms with van der Waals surface area (Å²) in [6.07, 6.45) is 1.05. The van der Waals surface area contributed by atoms with E-state index in [1.165, 1.54) is 13.2 Å². The van der Waals surface area contributed by atoms with Crippen molar-refractivity contribution in [2.45, 2.75) is 19.9 Å². The maximum Gasteiger partial charge on any atom is 0.337 e. The zero-order chi connectivity index (χ0) is 16.9. The quantitative estimate of drug-likeness (QED) is 0.789. The highest BCUT2D eigenvalue weighted by Gasteiger charge is 2.23. The number of rotatable bonds is 6. The van der Waals surface area contributed by atoms with Crippen molar-refractivity contribution in [1.29, 1.82) is 0 Å². The van der Waals surface area contributed by atoms with Crippen LogP contribution < -0.4 is 5.32 Å². The summed E-state index contributed by atoms with van der Waals surface area (Å²) in [5, 5.41) is 2.57. The third-order valence-electron chi connectivity index (χ3n) is 2.87. The predicted octanol–water partition coefficient (Wildman–Crippen LogP) is 1.08. The van der Waals surface area contributed by atoms with Gasteiger partial charge in [0.15, 0.2) is 0 Å². The molecule has 0 saturated carbocycles. The largest absolute Gasteiger partial charge is 0.465 e. The Balaban J connectivity index is 2.83. The van der Waals surface area contributed by atoms with Crippen molar-refractivity contribution in [2.75, 3.05) is 25.2 Å². The first-order valence-electron chi connectivity index (χ1n) is 6.60. The zero-order valence-corrected chi connectivity index (χ0v) is 13.8. The van der Waals surface area contributed by atoms with E-state index in [2.05, 4.69) is 10.1 Å². The lowest BCUT2D eigenvalue weighted by atomic mass is 10.2. The Morgan fingerprint density at radius 3 is 2.45 bits per heavy atom. The van der Waals surface area contributed by atoms with Crippen molar-refractivity contribution in [3.63, 3.8) is 0 Å². The Kier molecular flexibility index (Phi) is 6.07. The summed E-state index contributed by atoms with van der Waals surface area (Å²) in [4.78, 5) is 23.4. The highest BCUT2D eigenvalue weighted by molar-refractivity contribution is 7.88. The third kappa shape index (κ3) is 5.12. The van der Waals surface area contributed by atoms with Gasteiger partial charge in [-0.3, -0.25) is 4.79 Å². The van der Waals surface area contributed by atoms with Crippen LogP contribution in [0, 0.1) is 0 Å². The summed E-state index contributed by atoms with van der Waals surface area (Å²) in [5.74, 6) is -1.00. The Hall–Kier alpha value is -1.93. The van der Waals surface area contributed by atoms with Gasteiger partial charge >= 0.3 is 5.97 Å². The van der Waals surface area contributed by atoms with Crippen molar-refractivity contribution in [2.24, 2.45) is 0 Å². The highest BCUT2D eigenvalue weighted by Crippen LogP contribution is 2.12. The molecule has 0 heterocycles. The molecule has 1 aromatic rings. The van der Waals surface area contributed by atoms with E-state index in [1.807, 2.05) is 0 Å². The first-order valence-corrected chi connectivity index (χ1v) is 8.45. The molecule has 0 atom stereocenters. The van der Waals surface area contributed by atoms with Gasteiger partial charge < -0.3 is 10.1 Å². The maximum absolute atomic E-state index is 12.0. The second kappa shape index (κ2) is 7.37. The highest BCUT2D eigenvalue weighted by atomic mass is 32.2. The van der Waals surface area contributed by atoms with Gasteiger partial charge in [0.25, 0.3) is 0 Å². The van der Waals surface area contributed by atoms with Crippen LogP contribution in [0.25, 0.3) is 0 Å². The van der Waals surface area contributed by atoms with Crippen LogP contribution in [0.3, 0.4) is 0 Å². The lowest BCUT2D eigenvalue weighted by Gasteiger charge is -2.23. The summed E-state index contributed by atoms with van der Waals surface area (Å²) in [5.41, 5.74) is 0.689. The minimum absolute atomic E-state index is 0.293. The van der Waals surface area contributed by atoms with Crippen molar-refractivity contribution in [3.05, 3.63) is 29.8 Å². The average molecular weight is 328 g/mol. The number of nitrogens with one attached hydrogen (secondary N) is 1. The number of anilines is 1. The van der Waals surface area contributed by atoms with E-state index in [0.717, 1.165) is 10.6 Å². The van der Waals surface area contributed by atoms with Gasteiger partial charge in [0.05, 0.1) is 25.5 Å². The maximum atomic E-state index is 12.0. The number of carbonyl (C=O) groups excluding carboxylic acids is 2. The van der Waals surface area contributed by atoms with E-state index in [9.17, 15) is 18.0 Å². The molecule has 1 rings (SSSR count). The number of amides is 1. The van der Waals surface area contributed by atoms with Crippen LogP contribution in [0.1, 0.15) is 24.2 Å². The fraction of sp³-hybridized carbons (Fsp3) is 0.429. The van der Waals surface area contributed by atoms with Crippen LogP contribution in [0.2, 0.25) is 0 Å². The topological polar surface area (TPSA) is 92.8 Å². The molecule has 0 aliphatic rings. The summed E-state index contributed by atoms with van der Waals surface area (Å²) < 4.78 is 28.9. The molecule has 0 aliphatic heterocycles.